The van der Waals surface area contributed by atoms with Gasteiger partial charge in [0.1, 0.15) is 13.6 Å². The number of amides is 5. The minimum atomic E-state index is -1.02. The molecule has 0 spiro atoms. The number of piperazine rings is 1. The van der Waals surface area contributed by atoms with Gasteiger partial charge in [0.25, 0.3) is 11.8 Å². The number of phenolic OH excluding ortho intramolecular Hbond substituents is 1. The quantitative estimate of drug-likeness (QED) is 0.205. The molecule has 0 aromatic heterocycles. The van der Waals surface area contributed by atoms with Crippen LogP contribution in [0.25, 0.3) is 0 Å². The lowest BCUT2D eigenvalue weighted by Gasteiger charge is -2.43. The Morgan fingerprint density at radius 3 is 2.29 bits per heavy atom. The summed E-state index contributed by atoms with van der Waals surface area (Å²) in [6, 6.07) is 13.2. The first kappa shape index (κ1) is 36.5. The lowest BCUT2D eigenvalue weighted by atomic mass is 9.91. The highest BCUT2D eigenvalue weighted by Crippen LogP contribution is 2.26. The zero-order valence-corrected chi connectivity index (χ0v) is 29.7. The van der Waals surface area contributed by atoms with E-state index in [0.717, 1.165) is 49.2 Å². The largest absolute Gasteiger partial charge is 0.509 e. The van der Waals surface area contributed by atoms with Crippen molar-refractivity contribution >= 4 is 42.9 Å². The minimum Gasteiger partial charge on any atom is -0.509 e. The highest BCUT2D eigenvalue weighted by Gasteiger charge is 2.36. The van der Waals surface area contributed by atoms with Gasteiger partial charge in [-0.25, -0.2) is 14.7 Å². The third kappa shape index (κ3) is 8.94. The van der Waals surface area contributed by atoms with Gasteiger partial charge >= 0.3 is 12.1 Å². The summed E-state index contributed by atoms with van der Waals surface area (Å²) < 4.78 is 6.02. The highest BCUT2D eigenvalue weighted by molar-refractivity contribution is 6.34. The van der Waals surface area contributed by atoms with Crippen molar-refractivity contribution in [1.82, 2.24) is 29.6 Å². The number of nitrogens with one attached hydrogen (secondary N) is 1. The number of benzene rings is 2. The van der Waals surface area contributed by atoms with Crippen LogP contribution < -0.4 is 10.8 Å². The normalized spacial score (nSPS) is 20.3. The van der Waals surface area contributed by atoms with Crippen LogP contribution >= 0.6 is 0 Å². The number of aromatic hydroxyl groups is 1. The fraction of sp³-hybridized carbons (Fsp3) is 0.556. The Morgan fingerprint density at radius 1 is 0.922 bits per heavy atom. The molecule has 274 valence electrons. The fourth-order valence-corrected chi connectivity index (χ4v) is 7.78. The summed E-state index contributed by atoms with van der Waals surface area (Å²) in [6.45, 7) is 5.62. The van der Waals surface area contributed by atoms with Crippen LogP contribution in [-0.4, -0.2) is 162 Å². The van der Waals surface area contributed by atoms with E-state index in [9.17, 15) is 29.5 Å². The molecule has 4 heterocycles. The fourth-order valence-electron chi connectivity index (χ4n) is 7.78. The molecule has 0 saturated carbocycles. The molecule has 0 unspecified atom stereocenters. The number of hydroxylamine groups is 2. The number of likely N-dealkylation sites (tertiary alicyclic amines) is 2. The number of piperidine rings is 2. The van der Waals surface area contributed by atoms with Crippen molar-refractivity contribution in [1.29, 1.82) is 0 Å². The molecule has 4 aliphatic heterocycles. The summed E-state index contributed by atoms with van der Waals surface area (Å²) in [7, 11) is 3.14. The lowest BCUT2D eigenvalue weighted by Crippen LogP contribution is -2.57. The molecule has 51 heavy (non-hydrogen) atoms. The molecule has 0 radical (unpaired) electrons. The third-order valence-electron chi connectivity index (χ3n) is 10.9. The lowest BCUT2D eigenvalue weighted by molar-refractivity contribution is -0.160. The van der Waals surface area contributed by atoms with Crippen molar-refractivity contribution in [2.45, 2.75) is 56.7 Å². The Morgan fingerprint density at radius 2 is 1.61 bits per heavy atom. The maximum atomic E-state index is 14.0. The monoisotopic (exact) mass is 703 g/mol. The van der Waals surface area contributed by atoms with Gasteiger partial charge in [0, 0.05) is 90.1 Å². The van der Waals surface area contributed by atoms with Crippen LogP contribution in [0.5, 0.6) is 5.75 Å². The van der Waals surface area contributed by atoms with Crippen LogP contribution in [0.3, 0.4) is 0 Å². The van der Waals surface area contributed by atoms with Gasteiger partial charge in [-0.2, -0.15) is 0 Å². The zero-order chi connectivity index (χ0) is 36.1. The maximum absolute atomic E-state index is 14.0. The number of likely N-dealkylation sites (N-methyl/N-ethyl adjacent to an activating group) is 1. The van der Waals surface area contributed by atoms with Gasteiger partial charge in [-0.3, -0.25) is 24.6 Å². The van der Waals surface area contributed by atoms with Crippen molar-refractivity contribution in [2.24, 2.45) is 0 Å². The second kappa shape index (κ2) is 16.3. The van der Waals surface area contributed by atoms with E-state index in [-0.39, 0.29) is 42.6 Å². The summed E-state index contributed by atoms with van der Waals surface area (Å²) in [4.78, 5) is 62.4. The Hall–Kier alpha value is -4.34. The molecule has 4 aliphatic rings. The van der Waals surface area contributed by atoms with Crippen molar-refractivity contribution in [3.05, 3.63) is 53.6 Å². The van der Waals surface area contributed by atoms with Crippen LogP contribution in [0, 0.1) is 0 Å². The summed E-state index contributed by atoms with van der Waals surface area (Å²) in [5, 5.41) is 23.1. The second-order valence-electron chi connectivity index (χ2n) is 14.2. The van der Waals surface area contributed by atoms with E-state index in [1.807, 2.05) is 35.2 Å². The van der Waals surface area contributed by atoms with Gasteiger partial charge in [-0.1, -0.05) is 30.3 Å². The molecule has 5 amide bonds. The maximum Gasteiger partial charge on any atom is 0.410 e. The highest BCUT2D eigenvalue weighted by atomic mass is 16.6. The van der Waals surface area contributed by atoms with E-state index in [1.54, 1.807) is 29.8 Å². The zero-order valence-electron chi connectivity index (χ0n) is 29.7. The Labute approximate surface area is 300 Å². The van der Waals surface area contributed by atoms with Gasteiger partial charge in [0.05, 0.1) is 6.54 Å². The van der Waals surface area contributed by atoms with E-state index in [1.165, 1.54) is 7.05 Å². The molecule has 1 atom stereocenters. The van der Waals surface area contributed by atoms with Gasteiger partial charge < -0.3 is 29.9 Å². The molecule has 6 rings (SSSR count). The number of anilines is 1. The van der Waals surface area contributed by atoms with Gasteiger partial charge in [0.15, 0.2) is 6.10 Å². The number of para-hydroxylation sites is 1. The average Bonchev–Trinajstić information content (AvgIpc) is 3.31. The molecular formula is C36H50BN7O7. The van der Waals surface area contributed by atoms with E-state index in [0.29, 0.717) is 75.2 Å². The van der Waals surface area contributed by atoms with Gasteiger partial charge in [-0.15, -0.1) is 0 Å². The summed E-state index contributed by atoms with van der Waals surface area (Å²) in [5.74, 6) is -0.389. The molecule has 3 fully saturated rings. The predicted molar refractivity (Wildman–Crippen MR) is 193 cm³/mol. The average molecular weight is 704 g/mol. The van der Waals surface area contributed by atoms with Gasteiger partial charge in [0.2, 0.25) is 0 Å². The smallest absolute Gasteiger partial charge is 0.410 e. The van der Waals surface area contributed by atoms with Crippen LogP contribution in [0.15, 0.2) is 42.5 Å². The molecule has 0 aliphatic carbocycles. The number of urea groups is 1. The van der Waals surface area contributed by atoms with Gasteiger partial charge in [-0.05, 0) is 60.8 Å². The number of rotatable bonds is 8. The van der Waals surface area contributed by atoms with Crippen molar-refractivity contribution < 1.29 is 34.2 Å². The topological polar surface area (TPSA) is 149 Å². The van der Waals surface area contributed by atoms with E-state index in [2.05, 4.69) is 15.1 Å². The molecule has 14 nitrogen and oxygen atoms in total. The number of nitrogens with zero attached hydrogens (tertiary/aromatic N) is 6. The van der Waals surface area contributed by atoms with Crippen molar-refractivity contribution in [3.63, 3.8) is 0 Å². The first-order valence-corrected chi connectivity index (χ1v) is 18.2. The first-order valence-electron chi connectivity index (χ1n) is 18.2. The number of carbonyl (C=O) groups excluding carboxylic acids is 4. The summed E-state index contributed by atoms with van der Waals surface area (Å²) in [5.41, 5.74) is 3.42. The van der Waals surface area contributed by atoms with E-state index >= 15 is 0 Å². The second-order valence-corrected chi connectivity index (χ2v) is 14.2. The molecule has 2 aromatic carbocycles. The number of hydrogen-bond donors (Lipinski definition) is 3. The molecule has 0 bridgehead atoms. The number of fused-ring (bicyclic) bond motifs is 1. The van der Waals surface area contributed by atoms with E-state index in [4.69, 9.17) is 4.74 Å². The number of phenols is 1. The van der Waals surface area contributed by atoms with Crippen molar-refractivity contribution in [2.75, 3.05) is 77.8 Å². The number of ether oxygens (including phenoxy) is 1. The predicted octanol–water partition coefficient (Wildman–Crippen LogP) is 0.709. The Kier molecular flexibility index (Phi) is 11.7. The van der Waals surface area contributed by atoms with Crippen molar-refractivity contribution in [3.8, 4) is 5.75 Å². The van der Waals surface area contributed by atoms with E-state index < -0.39 is 12.2 Å². The molecular weight excluding hydrogens is 653 g/mol. The Bertz CT molecular complexity index is 1570. The molecule has 15 heteroatoms. The van der Waals surface area contributed by atoms with Crippen LogP contribution in [0.1, 0.15) is 36.8 Å². The SMILES string of the molecule is Bc1cc(C[C@@H](OC(=O)N2CCC(N3CCc4ccccc4NC3=O)CC2)C(=O)N2CCN(C3CCN(CC(=O)N(C)O)CC3)CC2)ccc1O. The summed E-state index contributed by atoms with van der Waals surface area (Å²) >= 11 is 0. The number of hydrogen-bond acceptors (Lipinski definition) is 9. The first-order chi connectivity index (χ1) is 24.5. The molecule has 3 N–H and O–H groups in total. The van der Waals surface area contributed by atoms with Crippen LogP contribution in [0.2, 0.25) is 0 Å². The standard InChI is InChI=1S/C36H50BN7O7/c1-39(50)33(46)24-40-13-9-27(10-14-40)41-18-20-42(21-19-41)34(47)32(23-25-6-7-31(45)29(37)22-25)51-36(49)43-15-11-28(12-16-43)44-17-8-26-4-2-3-5-30(26)38-35(44)48/h2-7,22,27-28,32,45,50H,8-21,23-24,37H2,1H3,(H,38,48)/t32-/m1/s1. The van der Waals surface area contributed by atoms with Crippen LogP contribution in [-0.2, 0) is 27.2 Å². The summed E-state index contributed by atoms with van der Waals surface area (Å²) in [6.07, 6.45) is 2.44. The van der Waals surface area contributed by atoms with Crippen LogP contribution in [0.4, 0.5) is 15.3 Å². The minimum absolute atomic E-state index is 0.00553. The Balaban J connectivity index is 1.03. The molecule has 3 saturated heterocycles. The molecule has 2 aromatic rings. The third-order valence-corrected chi connectivity index (χ3v) is 10.9. The number of carbonyl (C=O) groups is 4.